The van der Waals surface area contributed by atoms with E-state index in [0.29, 0.717) is 12.3 Å². The first kappa shape index (κ1) is 16.7. The molecule has 0 spiro atoms. The first-order chi connectivity index (χ1) is 10.0. The van der Waals surface area contributed by atoms with Gasteiger partial charge in [0.1, 0.15) is 0 Å². The Kier molecular flexibility index (Phi) is 5.99. The Bertz CT molecular complexity index is 447. The monoisotopic (exact) mass is 317 g/mol. The number of fused-ring (bicyclic) bond motifs is 1. The number of hydrogen-bond donors (Lipinski definition) is 1. The van der Waals surface area contributed by atoms with E-state index in [4.69, 9.17) is 0 Å². The molecule has 1 N–H and O–H groups in total. The molecule has 2 atom stereocenters. The fourth-order valence-electron chi connectivity index (χ4n) is 2.82. The second-order valence-corrected chi connectivity index (χ2v) is 6.59. The minimum atomic E-state index is -4.04. The molecular weight excluding hydrogens is 295 g/mol. The van der Waals surface area contributed by atoms with Gasteiger partial charge in [-0.25, -0.2) is 0 Å². The lowest BCUT2D eigenvalue weighted by Crippen LogP contribution is -2.36. The molecule has 1 heterocycles. The Hall–Kier alpha value is -0.680. The van der Waals surface area contributed by atoms with Crippen molar-refractivity contribution in [3.8, 4) is 0 Å². The summed E-state index contributed by atoms with van der Waals surface area (Å²) in [6.45, 7) is 2.94. The maximum atomic E-state index is 12.3. The molecule has 1 aromatic carbocycles. The Morgan fingerprint density at radius 3 is 2.81 bits per heavy atom. The van der Waals surface area contributed by atoms with Gasteiger partial charge in [0.2, 0.25) is 0 Å². The van der Waals surface area contributed by atoms with Crippen molar-refractivity contribution in [3.63, 3.8) is 0 Å². The van der Waals surface area contributed by atoms with E-state index >= 15 is 0 Å². The van der Waals surface area contributed by atoms with Crippen LogP contribution in [0.4, 0.5) is 13.2 Å². The molecule has 1 aliphatic heterocycles. The van der Waals surface area contributed by atoms with E-state index in [-0.39, 0.29) is 12.5 Å². The number of hydrogen-bond acceptors (Lipinski definition) is 2. The van der Waals surface area contributed by atoms with Gasteiger partial charge in [0.05, 0.1) is 0 Å². The molecule has 5 heteroatoms. The fraction of sp³-hybridized carbons (Fsp3) is 0.625. The average molecular weight is 317 g/mol. The highest BCUT2D eigenvalue weighted by molar-refractivity contribution is 7.99. The number of thioether (sulfide) groups is 1. The number of rotatable bonds is 7. The molecule has 1 nitrogen and oxygen atoms in total. The van der Waals surface area contributed by atoms with Crippen LogP contribution in [0.3, 0.4) is 0 Å². The van der Waals surface area contributed by atoms with Crippen LogP contribution in [0.25, 0.3) is 0 Å². The predicted octanol–water partition coefficient (Wildman–Crippen LogP) is 4.98. The van der Waals surface area contributed by atoms with Crippen molar-refractivity contribution in [1.82, 2.24) is 5.32 Å². The molecule has 0 aromatic heterocycles. The second kappa shape index (κ2) is 7.54. The fourth-order valence-corrected chi connectivity index (χ4v) is 4.15. The van der Waals surface area contributed by atoms with Crippen LogP contribution >= 0.6 is 11.8 Å². The van der Waals surface area contributed by atoms with Crippen molar-refractivity contribution in [3.05, 3.63) is 29.8 Å². The van der Waals surface area contributed by atoms with Crippen LogP contribution < -0.4 is 5.32 Å². The third-order valence-corrected chi connectivity index (χ3v) is 5.06. The summed E-state index contributed by atoms with van der Waals surface area (Å²) in [5.74, 6) is 1.29. The van der Waals surface area contributed by atoms with Crippen molar-refractivity contribution in [2.75, 3.05) is 12.3 Å². The topological polar surface area (TPSA) is 12.0 Å². The molecule has 21 heavy (non-hydrogen) atoms. The number of nitrogens with one attached hydrogen (secondary N) is 1. The molecular formula is C16H22F3NS. The minimum absolute atomic E-state index is 0.142. The molecule has 118 valence electrons. The van der Waals surface area contributed by atoms with E-state index in [1.54, 1.807) is 0 Å². The van der Waals surface area contributed by atoms with E-state index in [1.807, 2.05) is 23.9 Å². The molecule has 2 unspecified atom stereocenters. The molecule has 0 saturated heterocycles. The summed E-state index contributed by atoms with van der Waals surface area (Å²) >= 11 is 1.81. The van der Waals surface area contributed by atoms with E-state index in [2.05, 4.69) is 24.4 Å². The Morgan fingerprint density at radius 1 is 1.33 bits per heavy atom. The van der Waals surface area contributed by atoms with Crippen LogP contribution in [0, 0.1) is 0 Å². The third kappa shape index (κ3) is 4.92. The lowest BCUT2D eigenvalue weighted by molar-refractivity contribution is -0.135. The van der Waals surface area contributed by atoms with Crippen LogP contribution in [0.5, 0.6) is 0 Å². The Morgan fingerprint density at radius 2 is 2.10 bits per heavy atom. The van der Waals surface area contributed by atoms with Crippen LogP contribution in [0.2, 0.25) is 0 Å². The quantitative estimate of drug-likeness (QED) is 0.761. The van der Waals surface area contributed by atoms with Gasteiger partial charge in [0.25, 0.3) is 0 Å². The molecule has 0 bridgehead atoms. The zero-order chi connectivity index (χ0) is 15.3. The van der Waals surface area contributed by atoms with Gasteiger partial charge in [-0.05, 0) is 37.4 Å². The summed E-state index contributed by atoms with van der Waals surface area (Å²) in [5.41, 5.74) is 1.29. The third-order valence-electron chi connectivity index (χ3n) is 3.85. The van der Waals surface area contributed by atoms with Crippen molar-refractivity contribution in [2.24, 2.45) is 0 Å². The van der Waals surface area contributed by atoms with E-state index < -0.39 is 12.6 Å². The first-order valence-electron chi connectivity index (χ1n) is 7.53. The minimum Gasteiger partial charge on any atom is -0.313 e. The smallest absolute Gasteiger partial charge is 0.313 e. The molecule has 2 rings (SSSR count). The van der Waals surface area contributed by atoms with Gasteiger partial charge in [-0.15, -0.1) is 11.8 Å². The predicted molar refractivity (Wildman–Crippen MR) is 81.9 cm³/mol. The van der Waals surface area contributed by atoms with Gasteiger partial charge < -0.3 is 5.32 Å². The normalized spacial score (nSPS) is 19.5. The molecule has 0 amide bonds. The second-order valence-electron chi connectivity index (χ2n) is 5.52. The van der Waals surface area contributed by atoms with Gasteiger partial charge in [0, 0.05) is 29.0 Å². The Labute approximate surface area is 128 Å². The van der Waals surface area contributed by atoms with Crippen LogP contribution in [-0.2, 0) is 0 Å². The molecule has 0 radical (unpaired) electrons. The van der Waals surface area contributed by atoms with Gasteiger partial charge in [0.15, 0.2) is 0 Å². The standard InChI is InChI=1S/C16H22F3NS/c1-2-10-20-14(7-5-9-16(17,18)19)13-11-21-15-8-4-3-6-12(13)15/h3-4,6,8,13-14,20H,2,5,7,9-11H2,1H3. The van der Waals surface area contributed by atoms with Crippen molar-refractivity contribution in [1.29, 1.82) is 0 Å². The van der Waals surface area contributed by atoms with Crippen molar-refractivity contribution in [2.45, 2.75) is 55.6 Å². The summed E-state index contributed by atoms with van der Waals surface area (Å²) in [7, 11) is 0. The Balaban J connectivity index is 1.99. The van der Waals surface area contributed by atoms with Crippen molar-refractivity contribution >= 4 is 11.8 Å². The molecule has 0 fully saturated rings. The highest BCUT2D eigenvalue weighted by Crippen LogP contribution is 2.42. The summed E-state index contributed by atoms with van der Waals surface area (Å²) in [6.07, 6.45) is -2.94. The summed E-state index contributed by atoms with van der Waals surface area (Å²) in [4.78, 5) is 1.28. The summed E-state index contributed by atoms with van der Waals surface area (Å²) in [5, 5.41) is 3.46. The van der Waals surface area contributed by atoms with Crippen LogP contribution in [-0.4, -0.2) is 24.5 Å². The van der Waals surface area contributed by atoms with Crippen LogP contribution in [0.1, 0.15) is 44.1 Å². The molecule has 0 aliphatic carbocycles. The molecule has 0 saturated carbocycles. The summed E-state index contributed by atoms with van der Waals surface area (Å²) in [6, 6.07) is 8.40. The lowest BCUT2D eigenvalue weighted by atomic mass is 9.90. The van der Waals surface area contributed by atoms with E-state index in [1.165, 1.54) is 10.5 Å². The summed E-state index contributed by atoms with van der Waals surface area (Å²) < 4.78 is 37.0. The highest BCUT2D eigenvalue weighted by Gasteiger charge is 2.31. The van der Waals surface area contributed by atoms with E-state index in [0.717, 1.165) is 18.7 Å². The highest BCUT2D eigenvalue weighted by atomic mass is 32.2. The maximum absolute atomic E-state index is 12.3. The molecule has 1 aliphatic rings. The molecule has 1 aromatic rings. The van der Waals surface area contributed by atoms with Gasteiger partial charge in [-0.2, -0.15) is 13.2 Å². The number of alkyl halides is 3. The zero-order valence-corrected chi connectivity index (χ0v) is 13.1. The average Bonchev–Trinajstić information content (AvgIpc) is 2.85. The van der Waals surface area contributed by atoms with Gasteiger partial charge >= 0.3 is 6.18 Å². The lowest BCUT2D eigenvalue weighted by Gasteiger charge is -2.25. The maximum Gasteiger partial charge on any atom is 0.389 e. The van der Waals surface area contributed by atoms with Gasteiger partial charge in [-0.3, -0.25) is 0 Å². The largest absolute Gasteiger partial charge is 0.389 e. The van der Waals surface area contributed by atoms with Gasteiger partial charge in [-0.1, -0.05) is 25.1 Å². The SMILES string of the molecule is CCCNC(CCCC(F)(F)F)C1CSc2ccccc21. The number of halogens is 3. The van der Waals surface area contributed by atoms with E-state index in [9.17, 15) is 13.2 Å². The zero-order valence-electron chi connectivity index (χ0n) is 12.2. The van der Waals surface area contributed by atoms with Crippen LogP contribution in [0.15, 0.2) is 29.2 Å². The number of benzene rings is 1. The first-order valence-corrected chi connectivity index (χ1v) is 8.51. The van der Waals surface area contributed by atoms with Crippen molar-refractivity contribution < 1.29 is 13.2 Å².